The molecule has 8 nitrogen and oxygen atoms in total. The van der Waals surface area contributed by atoms with E-state index in [1.165, 1.54) is 19.2 Å². The van der Waals surface area contributed by atoms with Crippen LogP contribution < -0.4 is 14.4 Å². The summed E-state index contributed by atoms with van der Waals surface area (Å²) in [6.45, 7) is 3.42. The number of benzene rings is 4. The van der Waals surface area contributed by atoms with E-state index in [1.54, 1.807) is 35.2 Å². The third kappa shape index (κ3) is 8.44. The first-order chi connectivity index (χ1) is 23.2. The molecule has 0 aromatic heterocycles. The summed E-state index contributed by atoms with van der Waals surface area (Å²) >= 11 is 0. The number of carbonyl (C=O) groups is 2. The van der Waals surface area contributed by atoms with Gasteiger partial charge in [-0.25, -0.2) is 8.42 Å². The molecule has 0 aliphatic heterocycles. The Morgan fingerprint density at radius 1 is 0.854 bits per heavy atom. The van der Waals surface area contributed by atoms with Gasteiger partial charge in [-0.05, 0) is 73.2 Å². The Labute approximate surface area is 284 Å². The predicted molar refractivity (Wildman–Crippen MR) is 189 cm³/mol. The Morgan fingerprint density at radius 2 is 1.50 bits per heavy atom. The number of methoxy groups -OCH3 is 1. The van der Waals surface area contributed by atoms with Crippen molar-refractivity contribution in [1.29, 1.82) is 0 Å². The fourth-order valence-corrected chi connectivity index (χ4v) is 7.73. The number of carbonyl (C=O) groups excluding carboxylic acids is 2. The van der Waals surface area contributed by atoms with Gasteiger partial charge in [-0.15, -0.1) is 0 Å². The topological polar surface area (TPSA) is 96.0 Å². The largest absolute Gasteiger partial charge is 0.495 e. The molecule has 0 saturated heterocycles. The number of aryl methyl sites for hydroxylation is 2. The number of ether oxygens (including phenoxy) is 1. The maximum atomic E-state index is 14.8. The molecule has 0 radical (unpaired) electrons. The van der Waals surface area contributed by atoms with Crippen molar-refractivity contribution in [2.75, 3.05) is 18.0 Å². The molecule has 0 unspecified atom stereocenters. The van der Waals surface area contributed by atoms with Crippen molar-refractivity contribution in [3.8, 4) is 5.75 Å². The molecule has 1 aliphatic rings. The molecule has 5 rings (SSSR count). The van der Waals surface area contributed by atoms with Crippen molar-refractivity contribution in [3.63, 3.8) is 0 Å². The van der Waals surface area contributed by atoms with E-state index in [2.05, 4.69) is 5.32 Å². The highest BCUT2D eigenvalue weighted by molar-refractivity contribution is 7.92. The summed E-state index contributed by atoms with van der Waals surface area (Å²) in [6.07, 6.45) is 5.30. The second kappa shape index (κ2) is 16.0. The molecule has 1 fully saturated rings. The lowest BCUT2D eigenvalue weighted by atomic mass is 9.94. The number of anilines is 1. The Morgan fingerprint density at radius 3 is 2.17 bits per heavy atom. The van der Waals surface area contributed by atoms with Crippen molar-refractivity contribution in [1.82, 2.24) is 10.2 Å². The lowest BCUT2D eigenvalue weighted by Gasteiger charge is -2.35. The molecule has 252 valence electrons. The maximum Gasteiger partial charge on any atom is 0.264 e. The number of hydrogen-bond acceptors (Lipinski definition) is 5. The van der Waals surface area contributed by atoms with Gasteiger partial charge in [0, 0.05) is 19.0 Å². The fraction of sp³-hybridized carbons (Fsp3) is 0.333. The smallest absolute Gasteiger partial charge is 0.264 e. The van der Waals surface area contributed by atoms with E-state index in [0.717, 1.165) is 58.7 Å². The number of rotatable bonds is 13. The van der Waals surface area contributed by atoms with Gasteiger partial charge in [-0.3, -0.25) is 13.9 Å². The minimum absolute atomic E-state index is 0.0337. The number of nitrogens with one attached hydrogen (secondary N) is 1. The van der Waals surface area contributed by atoms with Crippen LogP contribution in [-0.4, -0.2) is 50.9 Å². The normalized spacial score (nSPS) is 14.1. The van der Waals surface area contributed by atoms with E-state index >= 15 is 0 Å². The van der Waals surface area contributed by atoms with Crippen molar-refractivity contribution >= 4 is 27.5 Å². The van der Waals surface area contributed by atoms with Gasteiger partial charge in [0.1, 0.15) is 18.3 Å². The molecule has 4 aromatic rings. The van der Waals surface area contributed by atoms with E-state index in [1.807, 2.05) is 74.5 Å². The number of hydrogen-bond donors (Lipinski definition) is 1. The second-order valence-electron chi connectivity index (χ2n) is 12.5. The van der Waals surface area contributed by atoms with Crippen LogP contribution in [0.25, 0.3) is 0 Å². The summed E-state index contributed by atoms with van der Waals surface area (Å²) in [7, 11) is -2.76. The van der Waals surface area contributed by atoms with Crippen LogP contribution in [0.3, 0.4) is 0 Å². The minimum atomic E-state index is -4.24. The highest BCUT2D eigenvalue weighted by Gasteiger charge is 2.36. The summed E-state index contributed by atoms with van der Waals surface area (Å²) in [5.41, 5.74) is 3.79. The minimum Gasteiger partial charge on any atom is -0.495 e. The third-order valence-corrected chi connectivity index (χ3v) is 10.8. The van der Waals surface area contributed by atoms with E-state index in [9.17, 15) is 18.0 Å². The summed E-state index contributed by atoms with van der Waals surface area (Å²) in [5.74, 6) is -0.423. The molecule has 1 aliphatic carbocycles. The Bertz CT molecular complexity index is 1790. The van der Waals surface area contributed by atoms with Gasteiger partial charge in [0.25, 0.3) is 10.0 Å². The first-order valence-electron chi connectivity index (χ1n) is 16.6. The number of sulfonamides is 1. The van der Waals surface area contributed by atoms with Crippen molar-refractivity contribution < 1.29 is 22.7 Å². The van der Waals surface area contributed by atoms with Crippen molar-refractivity contribution in [3.05, 3.63) is 125 Å². The van der Waals surface area contributed by atoms with Crippen LogP contribution in [0.1, 0.15) is 54.4 Å². The van der Waals surface area contributed by atoms with Gasteiger partial charge < -0.3 is 15.0 Å². The molecule has 1 N–H and O–H groups in total. The average molecular weight is 668 g/mol. The lowest BCUT2D eigenvalue weighted by Crippen LogP contribution is -2.55. The number of amides is 2. The molecule has 48 heavy (non-hydrogen) atoms. The van der Waals surface area contributed by atoms with E-state index < -0.39 is 28.5 Å². The lowest BCUT2D eigenvalue weighted by molar-refractivity contribution is -0.140. The van der Waals surface area contributed by atoms with E-state index in [-0.39, 0.29) is 35.5 Å². The van der Waals surface area contributed by atoms with Crippen LogP contribution in [0.15, 0.2) is 108 Å². The Kier molecular flexibility index (Phi) is 11.5. The van der Waals surface area contributed by atoms with E-state index in [4.69, 9.17) is 4.74 Å². The molecule has 0 spiro atoms. The van der Waals surface area contributed by atoms with Crippen molar-refractivity contribution in [2.45, 2.75) is 75.9 Å². The fourth-order valence-electron chi connectivity index (χ4n) is 6.30. The summed E-state index contributed by atoms with van der Waals surface area (Å²) < 4.78 is 35.5. The zero-order valence-electron chi connectivity index (χ0n) is 28.0. The van der Waals surface area contributed by atoms with Gasteiger partial charge in [0.05, 0.1) is 17.7 Å². The quantitative estimate of drug-likeness (QED) is 0.174. The SMILES string of the molecule is COc1ccc(C)cc1N(CC(=O)N(Cc1ccccc1C)[C@H](Cc1ccccc1)C(=O)NC1CCCCC1)S(=O)(=O)c1ccccc1. The molecular weight excluding hydrogens is 623 g/mol. The Hall–Kier alpha value is -4.63. The molecule has 0 heterocycles. The van der Waals surface area contributed by atoms with Crippen molar-refractivity contribution in [2.24, 2.45) is 0 Å². The summed E-state index contributed by atoms with van der Waals surface area (Å²) in [6, 6.07) is 29.8. The van der Waals surface area contributed by atoms with Gasteiger partial charge in [-0.1, -0.05) is 98.1 Å². The second-order valence-corrected chi connectivity index (χ2v) is 14.4. The highest BCUT2D eigenvalue weighted by atomic mass is 32.2. The molecule has 1 atom stereocenters. The molecule has 9 heteroatoms. The van der Waals surface area contributed by atoms with Gasteiger partial charge >= 0.3 is 0 Å². The third-order valence-electron chi connectivity index (χ3n) is 9.04. The monoisotopic (exact) mass is 667 g/mol. The molecule has 0 bridgehead atoms. The van der Waals surface area contributed by atoms with Crippen LogP contribution in [0.5, 0.6) is 5.75 Å². The van der Waals surface area contributed by atoms with E-state index in [0.29, 0.717) is 5.75 Å². The average Bonchev–Trinajstić information content (AvgIpc) is 3.10. The van der Waals surface area contributed by atoms with Crippen LogP contribution in [-0.2, 0) is 32.6 Å². The van der Waals surface area contributed by atoms with Crippen LogP contribution in [0, 0.1) is 13.8 Å². The molecule has 2 amide bonds. The number of nitrogens with zero attached hydrogens (tertiary/aromatic N) is 2. The molecule has 1 saturated carbocycles. The maximum absolute atomic E-state index is 14.8. The van der Waals surface area contributed by atoms with Gasteiger partial charge in [0.15, 0.2) is 0 Å². The van der Waals surface area contributed by atoms with Gasteiger partial charge in [-0.2, -0.15) is 0 Å². The first kappa shape index (κ1) is 34.7. The van der Waals surface area contributed by atoms with Crippen LogP contribution in [0.2, 0.25) is 0 Å². The zero-order chi connectivity index (χ0) is 34.1. The highest BCUT2D eigenvalue weighted by Crippen LogP contribution is 2.34. The zero-order valence-corrected chi connectivity index (χ0v) is 28.8. The van der Waals surface area contributed by atoms with Gasteiger partial charge in [0.2, 0.25) is 11.8 Å². The Balaban J connectivity index is 1.60. The molecular formula is C39H45N3O5S. The predicted octanol–water partition coefficient (Wildman–Crippen LogP) is 6.60. The summed E-state index contributed by atoms with van der Waals surface area (Å²) in [5, 5.41) is 3.26. The van der Waals surface area contributed by atoms with Crippen LogP contribution >= 0.6 is 0 Å². The van der Waals surface area contributed by atoms with Crippen LogP contribution in [0.4, 0.5) is 5.69 Å². The standard InChI is InChI=1S/C39H45N3O5S/c1-29-23-24-37(47-3)35(25-29)42(48(45,46)34-21-11-6-12-22-34)28-38(43)41(27-32-18-14-13-15-30(32)2)36(26-31-16-7-4-8-17-31)39(44)40-33-19-9-5-10-20-33/h4,6-8,11-18,21-25,33,36H,5,9-10,19-20,26-28H2,1-3H3,(H,40,44)/t36-/m1/s1. The summed E-state index contributed by atoms with van der Waals surface area (Å²) in [4.78, 5) is 30.7. The first-order valence-corrected chi connectivity index (χ1v) is 18.0. The molecule has 4 aromatic carbocycles.